The molecule has 1 heterocycles. The summed E-state index contributed by atoms with van der Waals surface area (Å²) in [4.78, 5) is 16.1. The maximum atomic E-state index is 13.3. The Hall–Kier alpha value is -2.21. The first-order valence-electron chi connectivity index (χ1n) is 7.66. The second-order valence-electron chi connectivity index (χ2n) is 5.73. The van der Waals surface area contributed by atoms with E-state index >= 15 is 0 Å². The van der Waals surface area contributed by atoms with Gasteiger partial charge in [-0.2, -0.15) is 5.10 Å². The Balaban J connectivity index is 1.91. The minimum atomic E-state index is -0.278. The van der Waals surface area contributed by atoms with E-state index < -0.39 is 0 Å². The molecular formula is C17H23FN4O. The molecule has 1 aromatic heterocycles. The molecule has 23 heavy (non-hydrogen) atoms. The van der Waals surface area contributed by atoms with Crippen molar-refractivity contribution in [3.63, 3.8) is 0 Å². The summed E-state index contributed by atoms with van der Waals surface area (Å²) in [5.74, 6) is -0.247. The van der Waals surface area contributed by atoms with Crippen LogP contribution in [0.1, 0.15) is 18.1 Å². The molecule has 0 saturated carbocycles. The molecule has 0 radical (unpaired) electrons. The van der Waals surface area contributed by atoms with E-state index in [9.17, 15) is 9.18 Å². The Bertz CT molecular complexity index is 656. The summed E-state index contributed by atoms with van der Waals surface area (Å²) in [5, 5.41) is 4.12. The Morgan fingerprint density at radius 3 is 2.70 bits per heavy atom. The van der Waals surface area contributed by atoms with Gasteiger partial charge in [0.05, 0.1) is 12.7 Å². The van der Waals surface area contributed by atoms with Gasteiger partial charge in [0.15, 0.2) is 0 Å². The van der Waals surface area contributed by atoms with Gasteiger partial charge in [-0.25, -0.2) is 4.39 Å². The molecule has 0 bridgehead atoms. The van der Waals surface area contributed by atoms with Gasteiger partial charge < -0.3 is 4.90 Å². The Morgan fingerprint density at radius 1 is 1.30 bits per heavy atom. The van der Waals surface area contributed by atoms with Crippen LogP contribution < -0.4 is 0 Å². The SMILES string of the molecule is CCN(Cc1cccc(F)c1)C(=O)CN(C)Cc1cnn(C)c1. The third-order valence-electron chi connectivity index (χ3n) is 3.61. The predicted molar refractivity (Wildman–Crippen MR) is 87.0 cm³/mol. The van der Waals surface area contributed by atoms with Crippen LogP contribution in [0.4, 0.5) is 4.39 Å². The van der Waals surface area contributed by atoms with Crippen LogP contribution in [0, 0.1) is 5.82 Å². The zero-order valence-corrected chi connectivity index (χ0v) is 13.9. The number of hydrogen-bond acceptors (Lipinski definition) is 3. The molecule has 0 saturated heterocycles. The summed E-state index contributed by atoms with van der Waals surface area (Å²) in [6.07, 6.45) is 3.73. The van der Waals surface area contributed by atoms with Gasteiger partial charge in [0.25, 0.3) is 0 Å². The van der Waals surface area contributed by atoms with Crippen molar-refractivity contribution in [1.29, 1.82) is 0 Å². The monoisotopic (exact) mass is 318 g/mol. The van der Waals surface area contributed by atoms with Crippen molar-refractivity contribution >= 4 is 5.91 Å². The van der Waals surface area contributed by atoms with E-state index in [1.54, 1.807) is 21.8 Å². The van der Waals surface area contributed by atoms with E-state index in [-0.39, 0.29) is 11.7 Å². The lowest BCUT2D eigenvalue weighted by Crippen LogP contribution is -2.38. The van der Waals surface area contributed by atoms with Gasteiger partial charge in [-0.15, -0.1) is 0 Å². The zero-order valence-electron chi connectivity index (χ0n) is 13.9. The minimum absolute atomic E-state index is 0.0307. The van der Waals surface area contributed by atoms with Crippen LogP contribution in [-0.2, 0) is 24.9 Å². The smallest absolute Gasteiger partial charge is 0.237 e. The van der Waals surface area contributed by atoms with Crippen LogP contribution in [0.3, 0.4) is 0 Å². The van der Waals surface area contributed by atoms with Crippen molar-refractivity contribution in [3.05, 3.63) is 53.6 Å². The van der Waals surface area contributed by atoms with E-state index in [4.69, 9.17) is 0 Å². The summed E-state index contributed by atoms with van der Waals surface area (Å²) in [7, 11) is 3.77. The summed E-state index contributed by atoms with van der Waals surface area (Å²) in [6.45, 7) is 3.93. The molecule has 1 amide bonds. The van der Waals surface area contributed by atoms with Crippen molar-refractivity contribution < 1.29 is 9.18 Å². The standard InChI is InChI=1S/C17H23FN4O/c1-4-22(12-14-6-5-7-16(18)8-14)17(23)13-20(2)10-15-9-19-21(3)11-15/h5-9,11H,4,10,12-13H2,1-3H3. The van der Waals surface area contributed by atoms with Crippen LogP contribution in [0.2, 0.25) is 0 Å². The number of likely N-dealkylation sites (N-methyl/N-ethyl adjacent to an activating group) is 2. The number of nitrogens with zero attached hydrogens (tertiary/aromatic N) is 4. The van der Waals surface area contributed by atoms with Crippen LogP contribution in [0.15, 0.2) is 36.7 Å². The molecule has 2 rings (SSSR count). The van der Waals surface area contributed by atoms with E-state index in [2.05, 4.69) is 5.10 Å². The highest BCUT2D eigenvalue weighted by Crippen LogP contribution is 2.08. The molecule has 6 heteroatoms. The number of aromatic nitrogens is 2. The molecule has 1 aromatic carbocycles. The molecule has 0 fully saturated rings. The maximum absolute atomic E-state index is 13.3. The average Bonchev–Trinajstić information content (AvgIpc) is 2.89. The van der Waals surface area contributed by atoms with Crippen LogP contribution >= 0.6 is 0 Å². The normalized spacial score (nSPS) is 11.0. The first-order valence-corrected chi connectivity index (χ1v) is 7.66. The average molecular weight is 318 g/mol. The first kappa shape index (κ1) is 17.1. The third kappa shape index (κ3) is 5.17. The molecule has 0 atom stereocenters. The predicted octanol–water partition coefficient (Wildman–Crippen LogP) is 2.04. The number of carbonyl (C=O) groups excluding carboxylic acids is 1. The molecule has 0 spiro atoms. The topological polar surface area (TPSA) is 41.4 Å². The summed E-state index contributed by atoms with van der Waals surface area (Å²) in [6, 6.07) is 6.37. The molecule has 124 valence electrons. The zero-order chi connectivity index (χ0) is 16.8. The van der Waals surface area contributed by atoms with Gasteiger partial charge >= 0.3 is 0 Å². The second kappa shape index (κ2) is 7.87. The lowest BCUT2D eigenvalue weighted by Gasteiger charge is -2.24. The Labute approximate surface area is 136 Å². The molecule has 0 aliphatic heterocycles. The fourth-order valence-electron chi connectivity index (χ4n) is 2.48. The number of carbonyl (C=O) groups is 1. The van der Waals surface area contributed by atoms with Gasteiger partial charge in [-0.1, -0.05) is 12.1 Å². The van der Waals surface area contributed by atoms with Crippen LogP contribution in [-0.4, -0.2) is 45.6 Å². The van der Waals surface area contributed by atoms with Crippen molar-refractivity contribution in [3.8, 4) is 0 Å². The van der Waals surface area contributed by atoms with Gasteiger partial charge in [-0.05, 0) is 31.7 Å². The number of rotatable bonds is 7. The number of aryl methyl sites for hydroxylation is 1. The molecule has 0 aliphatic rings. The second-order valence-corrected chi connectivity index (χ2v) is 5.73. The van der Waals surface area contributed by atoms with Crippen molar-refractivity contribution in [2.45, 2.75) is 20.0 Å². The summed E-state index contributed by atoms with van der Waals surface area (Å²) >= 11 is 0. The number of benzene rings is 1. The fraction of sp³-hybridized carbons (Fsp3) is 0.412. The van der Waals surface area contributed by atoms with Gasteiger partial charge in [0.1, 0.15) is 5.82 Å². The van der Waals surface area contributed by atoms with Gasteiger partial charge in [0.2, 0.25) is 5.91 Å². The molecule has 0 N–H and O–H groups in total. The van der Waals surface area contributed by atoms with Gasteiger partial charge in [0, 0.05) is 38.4 Å². The molecule has 0 unspecified atom stereocenters. The highest BCUT2D eigenvalue weighted by molar-refractivity contribution is 5.78. The lowest BCUT2D eigenvalue weighted by atomic mass is 10.2. The molecule has 2 aromatic rings. The molecular weight excluding hydrogens is 295 g/mol. The highest BCUT2D eigenvalue weighted by atomic mass is 19.1. The molecule has 0 aliphatic carbocycles. The minimum Gasteiger partial charge on any atom is -0.338 e. The fourth-order valence-corrected chi connectivity index (χ4v) is 2.48. The van der Waals surface area contributed by atoms with Crippen LogP contribution in [0.25, 0.3) is 0 Å². The number of amides is 1. The van der Waals surface area contributed by atoms with E-state index in [1.807, 2.05) is 38.2 Å². The Kier molecular flexibility index (Phi) is 5.87. The maximum Gasteiger partial charge on any atom is 0.237 e. The van der Waals surface area contributed by atoms with Crippen molar-refractivity contribution in [2.75, 3.05) is 20.1 Å². The first-order chi connectivity index (χ1) is 11.0. The summed E-state index contributed by atoms with van der Waals surface area (Å²) in [5.41, 5.74) is 1.87. The third-order valence-corrected chi connectivity index (χ3v) is 3.61. The molecule has 5 nitrogen and oxygen atoms in total. The largest absolute Gasteiger partial charge is 0.338 e. The van der Waals surface area contributed by atoms with Gasteiger partial charge in [-0.3, -0.25) is 14.4 Å². The quantitative estimate of drug-likeness (QED) is 0.784. The van der Waals surface area contributed by atoms with E-state index in [0.29, 0.717) is 26.2 Å². The summed E-state index contributed by atoms with van der Waals surface area (Å²) < 4.78 is 15.0. The highest BCUT2D eigenvalue weighted by Gasteiger charge is 2.15. The number of halogens is 1. The van der Waals surface area contributed by atoms with E-state index in [1.165, 1.54) is 12.1 Å². The van der Waals surface area contributed by atoms with Crippen LogP contribution in [0.5, 0.6) is 0 Å². The number of hydrogen-bond donors (Lipinski definition) is 0. The lowest BCUT2D eigenvalue weighted by molar-refractivity contribution is -0.132. The van der Waals surface area contributed by atoms with E-state index in [0.717, 1.165) is 11.1 Å². The van der Waals surface area contributed by atoms with Crippen molar-refractivity contribution in [1.82, 2.24) is 19.6 Å². The van der Waals surface area contributed by atoms with Crippen molar-refractivity contribution in [2.24, 2.45) is 7.05 Å². The Morgan fingerprint density at radius 2 is 2.09 bits per heavy atom.